The molecule has 8 nitrogen and oxygen atoms in total. The highest BCUT2D eigenvalue weighted by Gasteiger charge is 2.13. The standard InChI is InChI=1S/C20H25N7O/c1-4-5-8-26(2)19-12-22-18(11-23-19)20(28)25-17-9-14(6-7-16(17)21)15-10-24-27(3)13-15/h6-7,9-13H,4-5,8,21H2,1-3H3,(H,25,28). The molecule has 0 aliphatic carbocycles. The maximum Gasteiger partial charge on any atom is 0.275 e. The Kier molecular flexibility index (Phi) is 5.88. The van der Waals surface area contributed by atoms with Gasteiger partial charge in [0, 0.05) is 32.4 Å². The first-order chi connectivity index (χ1) is 13.5. The summed E-state index contributed by atoms with van der Waals surface area (Å²) in [5.41, 5.74) is 9.12. The molecule has 0 saturated heterocycles. The zero-order valence-electron chi connectivity index (χ0n) is 16.4. The zero-order chi connectivity index (χ0) is 20.1. The van der Waals surface area contributed by atoms with Crippen LogP contribution in [0.25, 0.3) is 11.1 Å². The summed E-state index contributed by atoms with van der Waals surface area (Å²) in [6, 6.07) is 5.47. The molecule has 1 aromatic carbocycles. The number of nitrogens with two attached hydrogens (primary N) is 1. The van der Waals surface area contributed by atoms with Crippen LogP contribution in [0.3, 0.4) is 0 Å². The Morgan fingerprint density at radius 1 is 1.21 bits per heavy atom. The van der Waals surface area contributed by atoms with E-state index in [1.54, 1.807) is 23.1 Å². The highest BCUT2D eigenvalue weighted by atomic mass is 16.1. The van der Waals surface area contributed by atoms with Crippen molar-refractivity contribution in [2.75, 3.05) is 29.5 Å². The van der Waals surface area contributed by atoms with E-state index in [9.17, 15) is 4.79 Å². The van der Waals surface area contributed by atoms with Gasteiger partial charge in [0.25, 0.3) is 5.91 Å². The van der Waals surface area contributed by atoms with Crippen molar-refractivity contribution in [1.82, 2.24) is 19.7 Å². The van der Waals surface area contributed by atoms with Gasteiger partial charge in [0.15, 0.2) is 0 Å². The lowest BCUT2D eigenvalue weighted by Gasteiger charge is -2.17. The molecule has 0 unspecified atom stereocenters. The third-order valence-electron chi connectivity index (χ3n) is 4.45. The van der Waals surface area contributed by atoms with Crippen molar-refractivity contribution in [1.29, 1.82) is 0 Å². The zero-order valence-corrected chi connectivity index (χ0v) is 16.4. The molecule has 0 aliphatic rings. The lowest BCUT2D eigenvalue weighted by Crippen LogP contribution is -2.21. The van der Waals surface area contributed by atoms with Crippen LogP contribution >= 0.6 is 0 Å². The Morgan fingerprint density at radius 3 is 2.68 bits per heavy atom. The molecule has 1 amide bonds. The Balaban J connectivity index is 1.74. The number of benzene rings is 1. The molecule has 0 bridgehead atoms. The van der Waals surface area contributed by atoms with Gasteiger partial charge in [0.05, 0.1) is 30.0 Å². The van der Waals surface area contributed by atoms with Crippen LogP contribution in [0.2, 0.25) is 0 Å². The topological polar surface area (TPSA) is 102 Å². The summed E-state index contributed by atoms with van der Waals surface area (Å²) in [4.78, 5) is 23.2. The molecule has 3 N–H and O–H groups in total. The average Bonchev–Trinajstić information content (AvgIpc) is 3.14. The Hall–Kier alpha value is -3.42. The number of nitrogens with one attached hydrogen (secondary N) is 1. The van der Waals surface area contributed by atoms with Gasteiger partial charge in [0.1, 0.15) is 11.5 Å². The van der Waals surface area contributed by atoms with E-state index >= 15 is 0 Å². The monoisotopic (exact) mass is 379 g/mol. The summed E-state index contributed by atoms with van der Waals surface area (Å²) < 4.78 is 1.72. The molecule has 0 fully saturated rings. The molecule has 0 atom stereocenters. The Labute approximate surface area is 164 Å². The van der Waals surface area contributed by atoms with Crippen molar-refractivity contribution in [3.63, 3.8) is 0 Å². The van der Waals surface area contributed by atoms with E-state index in [0.717, 1.165) is 36.3 Å². The molecule has 0 radical (unpaired) electrons. The first kappa shape index (κ1) is 19.3. The minimum atomic E-state index is -0.356. The second-order valence-corrected chi connectivity index (χ2v) is 6.69. The van der Waals surface area contributed by atoms with Crippen molar-refractivity contribution >= 4 is 23.1 Å². The number of aromatic nitrogens is 4. The maximum atomic E-state index is 12.6. The fraction of sp³-hybridized carbons (Fsp3) is 0.300. The molecule has 2 aromatic heterocycles. The van der Waals surface area contributed by atoms with Crippen LogP contribution < -0.4 is 16.0 Å². The normalized spacial score (nSPS) is 10.7. The van der Waals surface area contributed by atoms with Gasteiger partial charge in [-0.1, -0.05) is 19.4 Å². The van der Waals surface area contributed by atoms with Crippen LogP contribution in [-0.2, 0) is 7.05 Å². The lowest BCUT2D eigenvalue weighted by atomic mass is 10.1. The van der Waals surface area contributed by atoms with E-state index in [4.69, 9.17) is 5.73 Å². The van der Waals surface area contributed by atoms with Crippen LogP contribution in [0.15, 0.2) is 43.0 Å². The SMILES string of the molecule is CCCCN(C)c1cnc(C(=O)Nc2cc(-c3cnn(C)c3)ccc2N)cn1. The van der Waals surface area contributed by atoms with Gasteiger partial charge in [-0.3, -0.25) is 9.48 Å². The Morgan fingerprint density at radius 2 is 2.04 bits per heavy atom. The van der Waals surface area contributed by atoms with E-state index in [-0.39, 0.29) is 11.6 Å². The summed E-state index contributed by atoms with van der Waals surface area (Å²) in [7, 11) is 3.82. The van der Waals surface area contributed by atoms with Gasteiger partial charge in [-0.25, -0.2) is 9.97 Å². The number of hydrogen-bond donors (Lipinski definition) is 2. The number of hydrogen-bond acceptors (Lipinski definition) is 6. The van der Waals surface area contributed by atoms with E-state index < -0.39 is 0 Å². The predicted octanol–water partition coefficient (Wildman–Crippen LogP) is 2.95. The fourth-order valence-electron chi connectivity index (χ4n) is 2.75. The van der Waals surface area contributed by atoms with Crippen molar-refractivity contribution in [2.24, 2.45) is 7.05 Å². The Bertz CT molecular complexity index is 949. The number of carbonyl (C=O) groups excluding carboxylic acids is 1. The van der Waals surface area contributed by atoms with Gasteiger partial charge in [0.2, 0.25) is 0 Å². The molecule has 8 heteroatoms. The van der Waals surface area contributed by atoms with Crippen LogP contribution in [0.4, 0.5) is 17.2 Å². The number of rotatable bonds is 7. The summed E-state index contributed by atoms with van der Waals surface area (Å²) in [6.07, 6.45) is 8.94. The number of aryl methyl sites for hydroxylation is 1. The summed E-state index contributed by atoms with van der Waals surface area (Å²) in [5, 5.41) is 6.99. The number of amides is 1. The molecule has 146 valence electrons. The summed E-state index contributed by atoms with van der Waals surface area (Å²) in [6.45, 7) is 3.04. The molecule has 0 spiro atoms. The smallest absolute Gasteiger partial charge is 0.275 e. The molecular formula is C20H25N7O. The molecular weight excluding hydrogens is 354 g/mol. The minimum absolute atomic E-state index is 0.235. The van der Waals surface area contributed by atoms with Crippen LogP contribution in [0.5, 0.6) is 0 Å². The van der Waals surface area contributed by atoms with Gasteiger partial charge in [-0.2, -0.15) is 5.10 Å². The molecule has 2 heterocycles. The van der Waals surface area contributed by atoms with E-state index in [1.165, 1.54) is 6.20 Å². The van der Waals surface area contributed by atoms with E-state index in [2.05, 4.69) is 27.3 Å². The highest BCUT2D eigenvalue weighted by Crippen LogP contribution is 2.27. The van der Waals surface area contributed by atoms with Gasteiger partial charge in [-0.05, 0) is 24.1 Å². The molecule has 3 aromatic rings. The lowest BCUT2D eigenvalue weighted by molar-refractivity contribution is 0.102. The fourth-order valence-corrected chi connectivity index (χ4v) is 2.75. The number of anilines is 3. The average molecular weight is 379 g/mol. The minimum Gasteiger partial charge on any atom is -0.397 e. The second-order valence-electron chi connectivity index (χ2n) is 6.69. The molecule has 0 saturated carbocycles. The van der Waals surface area contributed by atoms with Crippen molar-refractivity contribution < 1.29 is 4.79 Å². The van der Waals surface area contributed by atoms with Crippen molar-refractivity contribution in [2.45, 2.75) is 19.8 Å². The molecule has 28 heavy (non-hydrogen) atoms. The van der Waals surface area contributed by atoms with Crippen molar-refractivity contribution in [3.8, 4) is 11.1 Å². The van der Waals surface area contributed by atoms with Crippen molar-refractivity contribution in [3.05, 3.63) is 48.7 Å². The molecule has 0 aliphatic heterocycles. The molecule has 3 rings (SSSR count). The van der Waals surface area contributed by atoms with E-state index in [0.29, 0.717) is 11.4 Å². The number of unbranched alkanes of at least 4 members (excludes halogenated alkanes) is 1. The number of nitrogens with zero attached hydrogens (tertiary/aromatic N) is 5. The van der Waals surface area contributed by atoms with E-state index in [1.807, 2.05) is 37.3 Å². The van der Waals surface area contributed by atoms with Crippen LogP contribution in [-0.4, -0.2) is 39.2 Å². The summed E-state index contributed by atoms with van der Waals surface area (Å²) >= 11 is 0. The van der Waals surface area contributed by atoms with Gasteiger partial charge < -0.3 is 16.0 Å². The third-order valence-corrected chi connectivity index (χ3v) is 4.45. The maximum absolute atomic E-state index is 12.6. The van der Waals surface area contributed by atoms with Gasteiger partial charge in [-0.15, -0.1) is 0 Å². The van der Waals surface area contributed by atoms with Gasteiger partial charge >= 0.3 is 0 Å². The van der Waals surface area contributed by atoms with Crippen LogP contribution in [0.1, 0.15) is 30.3 Å². The predicted molar refractivity (Wildman–Crippen MR) is 111 cm³/mol. The quantitative estimate of drug-likeness (QED) is 0.612. The number of nitrogen functional groups attached to an aromatic ring is 1. The highest BCUT2D eigenvalue weighted by molar-refractivity contribution is 6.04. The largest absolute Gasteiger partial charge is 0.397 e. The third kappa shape index (κ3) is 4.46. The number of carbonyl (C=O) groups is 1. The second kappa shape index (κ2) is 8.51. The first-order valence-corrected chi connectivity index (χ1v) is 9.21. The summed E-state index contributed by atoms with van der Waals surface area (Å²) in [5.74, 6) is 0.383. The van der Waals surface area contributed by atoms with Crippen LogP contribution in [0, 0.1) is 0 Å². The first-order valence-electron chi connectivity index (χ1n) is 9.21.